The van der Waals surface area contributed by atoms with E-state index in [9.17, 15) is 4.79 Å². The van der Waals surface area contributed by atoms with E-state index in [1.54, 1.807) is 6.20 Å². The predicted octanol–water partition coefficient (Wildman–Crippen LogP) is 3.89. The Kier molecular flexibility index (Phi) is 3.41. The van der Waals surface area contributed by atoms with Crippen LogP contribution >= 0.6 is 15.9 Å². The summed E-state index contributed by atoms with van der Waals surface area (Å²) in [5.74, 6) is 1.26. The van der Waals surface area contributed by atoms with E-state index in [0.717, 1.165) is 39.6 Å². The molecule has 0 amide bonds. The molecule has 0 spiro atoms. The summed E-state index contributed by atoms with van der Waals surface area (Å²) < 4.78 is 5.27. The van der Waals surface area contributed by atoms with Crippen molar-refractivity contribution in [2.24, 2.45) is 13.0 Å². The molecule has 3 aromatic rings. The summed E-state index contributed by atoms with van der Waals surface area (Å²) >= 11 is 3.53. The highest BCUT2D eigenvalue weighted by molar-refractivity contribution is 9.10. The van der Waals surface area contributed by atoms with Crippen molar-refractivity contribution in [2.75, 3.05) is 0 Å². The second-order valence-electron chi connectivity index (χ2n) is 6.27. The number of rotatable bonds is 2. The lowest BCUT2D eigenvalue weighted by atomic mass is 9.85. The third-order valence-corrected chi connectivity index (χ3v) is 5.46. The Morgan fingerprint density at radius 3 is 2.96 bits per heavy atom. The third-order valence-electron chi connectivity index (χ3n) is 4.97. The zero-order valence-electron chi connectivity index (χ0n) is 13.2. The molecule has 1 aliphatic carbocycles. The first-order valence-corrected chi connectivity index (χ1v) is 8.64. The van der Waals surface area contributed by atoms with Crippen LogP contribution in [0.1, 0.15) is 28.3 Å². The van der Waals surface area contributed by atoms with Gasteiger partial charge in [-0.05, 0) is 38.0 Å². The number of carbonyl (C=O) groups is 1. The normalized spacial score (nSPS) is 17.7. The minimum atomic E-state index is 0.0278. The van der Waals surface area contributed by atoms with Gasteiger partial charge in [-0.3, -0.25) is 4.79 Å². The Hall–Kier alpha value is -1.88. The quantitative estimate of drug-likeness (QED) is 0.685. The SMILES string of the molecule is Cc1nccn1CC1CCc2c(c3cc(Br)ccc3n2C)C1=O. The number of carbonyl (C=O) groups excluding carboxylic acids is 1. The lowest BCUT2D eigenvalue weighted by Gasteiger charge is -2.23. The number of aryl methyl sites for hydroxylation is 2. The molecule has 4 rings (SSSR count). The summed E-state index contributed by atoms with van der Waals surface area (Å²) in [6, 6.07) is 6.18. The Balaban J connectivity index is 1.79. The Morgan fingerprint density at radius 1 is 1.39 bits per heavy atom. The van der Waals surface area contributed by atoms with Crippen LogP contribution in [0.25, 0.3) is 10.9 Å². The first-order chi connectivity index (χ1) is 11.1. The highest BCUT2D eigenvalue weighted by Crippen LogP contribution is 2.35. The van der Waals surface area contributed by atoms with Crippen LogP contribution in [0.3, 0.4) is 0 Å². The molecule has 118 valence electrons. The summed E-state index contributed by atoms with van der Waals surface area (Å²) in [7, 11) is 2.06. The molecule has 4 nitrogen and oxygen atoms in total. The van der Waals surface area contributed by atoms with E-state index >= 15 is 0 Å². The third kappa shape index (κ3) is 2.26. The molecule has 0 N–H and O–H groups in total. The van der Waals surface area contributed by atoms with E-state index in [4.69, 9.17) is 0 Å². The van der Waals surface area contributed by atoms with Crippen molar-refractivity contribution in [2.45, 2.75) is 26.3 Å². The van der Waals surface area contributed by atoms with Gasteiger partial charge in [-0.25, -0.2) is 4.98 Å². The molecule has 0 bridgehead atoms. The summed E-state index contributed by atoms with van der Waals surface area (Å²) in [5.41, 5.74) is 3.21. The van der Waals surface area contributed by atoms with Crippen molar-refractivity contribution in [3.8, 4) is 0 Å². The molecule has 0 radical (unpaired) electrons. The van der Waals surface area contributed by atoms with Crippen LogP contribution in [-0.2, 0) is 20.0 Å². The zero-order chi connectivity index (χ0) is 16.1. The van der Waals surface area contributed by atoms with Gasteiger partial charge in [0.15, 0.2) is 5.78 Å². The van der Waals surface area contributed by atoms with Crippen molar-refractivity contribution in [1.29, 1.82) is 0 Å². The predicted molar refractivity (Wildman–Crippen MR) is 93.7 cm³/mol. The van der Waals surface area contributed by atoms with E-state index in [0.29, 0.717) is 6.54 Å². The molecule has 0 fully saturated rings. The Labute approximate surface area is 143 Å². The Bertz CT molecular complexity index is 922. The van der Waals surface area contributed by atoms with Crippen molar-refractivity contribution < 1.29 is 4.79 Å². The summed E-state index contributed by atoms with van der Waals surface area (Å²) in [6.45, 7) is 2.70. The number of imidazole rings is 1. The van der Waals surface area contributed by atoms with Gasteiger partial charge in [0.25, 0.3) is 0 Å². The number of Topliss-reactive ketones (excluding diaryl/α,β-unsaturated/α-hetero) is 1. The standard InChI is InChI=1S/C18H18BrN3O/c1-11-20-7-8-22(11)10-12-3-5-16-17(18(12)23)14-9-13(19)4-6-15(14)21(16)2/h4,6-9,12H,3,5,10H2,1-2H3. The average molecular weight is 372 g/mol. The maximum atomic E-state index is 13.1. The number of fused-ring (bicyclic) bond motifs is 3. The maximum absolute atomic E-state index is 13.1. The summed E-state index contributed by atoms with van der Waals surface area (Å²) in [5, 5.41) is 1.06. The number of nitrogens with zero attached hydrogens (tertiary/aromatic N) is 3. The van der Waals surface area contributed by atoms with Crippen LogP contribution in [-0.4, -0.2) is 19.9 Å². The maximum Gasteiger partial charge on any atom is 0.170 e. The number of hydrogen-bond donors (Lipinski definition) is 0. The van der Waals surface area contributed by atoms with Gasteiger partial charge in [0.2, 0.25) is 0 Å². The zero-order valence-corrected chi connectivity index (χ0v) is 14.8. The first-order valence-electron chi connectivity index (χ1n) is 7.85. The van der Waals surface area contributed by atoms with Crippen molar-refractivity contribution in [3.05, 3.63) is 52.1 Å². The van der Waals surface area contributed by atoms with Gasteiger partial charge in [0, 0.05) is 58.5 Å². The second-order valence-corrected chi connectivity index (χ2v) is 7.18. The fourth-order valence-corrected chi connectivity index (χ4v) is 4.05. The molecular formula is C18H18BrN3O. The van der Waals surface area contributed by atoms with Crippen molar-refractivity contribution >= 4 is 32.6 Å². The topological polar surface area (TPSA) is 39.8 Å². The lowest BCUT2D eigenvalue weighted by molar-refractivity contribution is 0.0888. The van der Waals surface area contributed by atoms with Crippen molar-refractivity contribution in [3.63, 3.8) is 0 Å². The van der Waals surface area contributed by atoms with Gasteiger partial charge in [-0.2, -0.15) is 0 Å². The van der Waals surface area contributed by atoms with Crippen LogP contribution in [0.2, 0.25) is 0 Å². The highest BCUT2D eigenvalue weighted by atomic mass is 79.9. The van der Waals surface area contributed by atoms with Crippen LogP contribution in [0, 0.1) is 12.8 Å². The lowest BCUT2D eigenvalue weighted by Crippen LogP contribution is -2.27. The van der Waals surface area contributed by atoms with E-state index in [-0.39, 0.29) is 11.7 Å². The molecule has 2 aromatic heterocycles. The minimum absolute atomic E-state index is 0.0278. The van der Waals surface area contributed by atoms with Gasteiger partial charge in [-0.15, -0.1) is 0 Å². The van der Waals surface area contributed by atoms with E-state index in [2.05, 4.69) is 49.2 Å². The number of ketones is 1. The molecule has 2 heterocycles. The molecule has 0 saturated carbocycles. The fraction of sp³-hybridized carbons (Fsp3) is 0.333. The summed E-state index contributed by atoms with van der Waals surface area (Å²) in [6.07, 6.45) is 5.60. The molecule has 1 unspecified atom stereocenters. The molecule has 1 aliphatic rings. The molecule has 23 heavy (non-hydrogen) atoms. The van der Waals surface area contributed by atoms with Crippen molar-refractivity contribution in [1.82, 2.24) is 14.1 Å². The smallest absolute Gasteiger partial charge is 0.170 e. The number of benzene rings is 1. The molecule has 5 heteroatoms. The van der Waals surface area contributed by atoms with Crippen LogP contribution < -0.4 is 0 Å². The fourth-order valence-electron chi connectivity index (χ4n) is 3.69. The van der Waals surface area contributed by atoms with Crippen LogP contribution in [0.4, 0.5) is 0 Å². The number of aromatic nitrogens is 3. The molecule has 1 aromatic carbocycles. The minimum Gasteiger partial charge on any atom is -0.347 e. The number of halogens is 1. The van der Waals surface area contributed by atoms with Gasteiger partial charge in [-0.1, -0.05) is 15.9 Å². The van der Waals surface area contributed by atoms with E-state index < -0.39 is 0 Å². The number of hydrogen-bond acceptors (Lipinski definition) is 2. The van der Waals surface area contributed by atoms with Gasteiger partial charge in [0.05, 0.1) is 0 Å². The van der Waals surface area contributed by atoms with Crippen LogP contribution in [0.5, 0.6) is 0 Å². The Morgan fingerprint density at radius 2 is 2.22 bits per heavy atom. The monoisotopic (exact) mass is 371 g/mol. The largest absolute Gasteiger partial charge is 0.347 e. The first kappa shape index (κ1) is 14.7. The molecule has 1 atom stereocenters. The van der Waals surface area contributed by atoms with Crippen LogP contribution in [0.15, 0.2) is 35.1 Å². The average Bonchev–Trinajstić information content (AvgIpc) is 3.05. The molecule has 0 aliphatic heterocycles. The van der Waals surface area contributed by atoms with Gasteiger partial charge >= 0.3 is 0 Å². The van der Waals surface area contributed by atoms with E-state index in [1.807, 2.05) is 19.2 Å². The summed E-state index contributed by atoms with van der Waals surface area (Å²) in [4.78, 5) is 17.4. The van der Waals surface area contributed by atoms with E-state index in [1.165, 1.54) is 5.69 Å². The molecular weight excluding hydrogens is 354 g/mol. The van der Waals surface area contributed by atoms with Gasteiger partial charge in [0.1, 0.15) is 5.82 Å². The highest BCUT2D eigenvalue weighted by Gasteiger charge is 2.32. The second kappa shape index (κ2) is 5.34. The van der Waals surface area contributed by atoms with Gasteiger partial charge < -0.3 is 9.13 Å². The molecule has 0 saturated heterocycles.